The third kappa shape index (κ3) is 3.40. The first-order chi connectivity index (χ1) is 8.25. The lowest BCUT2D eigenvalue weighted by atomic mass is 10.1. The number of hydrogen-bond donors (Lipinski definition) is 1. The minimum Gasteiger partial charge on any atom is -0.309 e. The second-order valence-corrected chi connectivity index (χ2v) is 4.18. The first-order valence-electron chi connectivity index (χ1n) is 5.75. The van der Waals surface area contributed by atoms with Crippen molar-refractivity contribution in [2.24, 2.45) is 0 Å². The monoisotopic (exact) mass is 229 g/mol. The summed E-state index contributed by atoms with van der Waals surface area (Å²) in [5, 5.41) is 3.25. The summed E-state index contributed by atoms with van der Waals surface area (Å²) in [6.45, 7) is 3.29. The van der Waals surface area contributed by atoms with Gasteiger partial charge in [0.1, 0.15) is 5.82 Å². The van der Waals surface area contributed by atoms with Crippen molar-refractivity contribution in [2.75, 3.05) is 0 Å². The molecule has 0 saturated carbocycles. The highest BCUT2D eigenvalue weighted by Crippen LogP contribution is 2.10. The van der Waals surface area contributed by atoms with Crippen LogP contribution in [0.4, 0.5) is 4.39 Å². The molecule has 0 saturated heterocycles. The molecule has 2 aromatic carbocycles. The van der Waals surface area contributed by atoms with Gasteiger partial charge < -0.3 is 5.32 Å². The first-order valence-corrected chi connectivity index (χ1v) is 5.75. The molecule has 2 aromatic rings. The Kier molecular flexibility index (Phi) is 3.89. The fraction of sp³-hybridized carbons (Fsp3) is 0.200. The highest BCUT2D eigenvalue weighted by atomic mass is 19.1. The molecule has 0 bridgehead atoms. The van der Waals surface area contributed by atoms with Gasteiger partial charge in [0, 0.05) is 18.7 Å². The van der Waals surface area contributed by atoms with E-state index in [2.05, 4.69) is 17.4 Å². The largest absolute Gasteiger partial charge is 0.309 e. The van der Waals surface area contributed by atoms with Gasteiger partial charge in [0.2, 0.25) is 0 Å². The number of aryl methyl sites for hydroxylation is 1. The van der Waals surface area contributed by atoms with Gasteiger partial charge >= 0.3 is 0 Å². The Hall–Kier alpha value is -1.67. The summed E-state index contributed by atoms with van der Waals surface area (Å²) in [5.74, 6) is -0.142. The minimum atomic E-state index is -0.142. The zero-order valence-electron chi connectivity index (χ0n) is 9.91. The summed E-state index contributed by atoms with van der Waals surface area (Å²) in [6, 6.07) is 15.3. The quantitative estimate of drug-likeness (QED) is 0.847. The topological polar surface area (TPSA) is 12.0 Å². The van der Waals surface area contributed by atoms with Gasteiger partial charge in [-0.3, -0.25) is 0 Å². The van der Waals surface area contributed by atoms with Crippen LogP contribution in [-0.4, -0.2) is 0 Å². The molecule has 0 aliphatic heterocycles. The van der Waals surface area contributed by atoms with E-state index < -0.39 is 0 Å². The fourth-order valence-electron chi connectivity index (χ4n) is 1.78. The predicted octanol–water partition coefficient (Wildman–Crippen LogP) is 3.42. The molecule has 0 spiro atoms. The summed E-state index contributed by atoms with van der Waals surface area (Å²) in [6.07, 6.45) is 0. The molecule has 1 nitrogen and oxygen atoms in total. The van der Waals surface area contributed by atoms with Crippen molar-refractivity contribution in [2.45, 2.75) is 20.0 Å². The Morgan fingerprint density at radius 1 is 1.00 bits per heavy atom. The first kappa shape index (κ1) is 11.8. The summed E-state index contributed by atoms with van der Waals surface area (Å²) < 4.78 is 13.5. The van der Waals surface area contributed by atoms with Crippen LogP contribution in [0.1, 0.15) is 16.7 Å². The Labute approximate surface area is 101 Å². The van der Waals surface area contributed by atoms with Crippen molar-refractivity contribution in [3.63, 3.8) is 0 Å². The van der Waals surface area contributed by atoms with Crippen LogP contribution in [0.5, 0.6) is 0 Å². The average Bonchev–Trinajstić information content (AvgIpc) is 2.35. The zero-order valence-corrected chi connectivity index (χ0v) is 9.91. The molecule has 0 unspecified atom stereocenters. The van der Waals surface area contributed by atoms with Gasteiger partial charge in [0.25, 0.3) is 0 Å². The van der Waals surface area contributed by atoms with Gasteiger partial charge in [0.05, 0.1) is 0 Å². The maximum absolute atomic E-state index is 13.5. The molecular weight excluding hydrogens is 213 g/mol. The lowest BCUT2D eigenvalue weighted by molar-refractivity contribution is 0.587. The Morgan fingerprint density at radius 2 is 1.76 bits per heavy atom. The maximum atomic E-state index is 13.5. The highest BCUT2D eigenvalue weighted by Gasteiger charge is 2.01. The molecule has 1 N–H and O–H groups in total. The number of halogens is 1. The van der Waals surface area contributed by atoms with E-state index in [0.29, 0.717) is 6.54 Å². The number of nitrogens with one attached hydrogen (secondary N) is 1. The second kappa shape index (κ2) is 5.60. The van der Waals surface area contributed by atoms with E-state index in [4.69, 9.17) is 0 Å². The smallest absolute Gasteiger partial charge is 0.127 e. The molecule has 17 heavy (non-hydrogen) atoms. The van der Waals surface area contributed by atoms with Gasteiger partial charge in [-0.25, -0.2) is 4.39 Å². The minimum absolute atomic E-state index is 0.142. The molecular formula is C15H16FN. The van der Waals surface area contributed by atoms with Crippen molar-refractivity contribution < 1.29 is 4.39 Å². The molecule has 88 valence electrons. The molecule has 0 amide bonds. The Bertz CT molecular complexity index is 480. The lowest BCUT2D eigenvalue weighted by Crippen LogP contribution is -2.13. The Morgan fingerprint density at radius 3 is 2.53 bits per heavy atom. The molecule has 0 aliphatic rings. The van der Waals surface area contributed by atoms with Crippen molar-refractivity contribution >= 4 is 0 Å². The SMILES string of the molecule is Cc1ccc(F)c(CNCc2ccccc2)c1. The van der Waals surface area contributed by atoms with Gasteiger partial charge in [-0.05, 0) is 18.6 Å². The average molecular weight is 229 g/mol. The summed E-state index contributed by atoms with van der Waals surface area (Å²) in [5.41, 5.74) is 3.02. The van der Waals surface area contributed by atoms with E-state index in [1.54, 1.807) is 6.07 Å². The predicted molar refractivity (Wildman–Crippen MR) is 68.1 cm³/mol. The molecule has 2 rings (SSSR count). The van der Waals surface area contributed by atoms with E-state index in [0.717, 1.165) is 17.7 Å². The van der Waals surface area contributed by atoms with Crippen LogP contribution < -0.4 is 5.32 Å². The number of benzene rings is 2. The summed E-state index contributed by atoms with van der Waals surface area (Å²) in [4.78, 5) is 0. The molecule has 0 atom stereocenters. The third-order valence-electron chi connectivity index (χ3n) is 2.69. The fourth-order valence-corrected chi connectivity index (χ4v) is 1.78. The van der Waals surface area contributed by atoms with E-state index in [9.17, 15) is 4.39 Å². The normalized spacial score (nSPS) is 10.5. The van der Waals surface area contributed by atoms with Gasteiger partial charge in [-0.15, -0.1) is 0 Å². The number of rotatable bonds is 4. The van der Waals surface area contributed by atoms with Crippen LogP contribution in [0, 0.1) is 12.7 Å². The lowest BCUT2D eigenvalue weighted by Gasteiger charge is -2.07. The van der Waals surface area contributed by atoms with Crippen molar-refractivity contribution in [3.05, 3.63) is 71.0 Å². The molecule has 0 aromatic heterocycles. The zero-order chi connectivity index (χ0) is 12.1. The van der Waals surface area contributed by atoms with E-state index in [1.807, 2.05) is 31.2 Å². The van der Waals surface area contributed by atoms with Crippen LogP contribution in [0.15, 0.2) is 48.5 Å². The van der Waals surface area contributed by atoms with Gasteiger partial charge in [0.15, 0.2) is 0 Å². The van der Waals surface area contributed by atoms with Gasteiger partial charge in [-0.1, -0.05) is 48.0 Å². The molecule has 0 radical (unpaired) electrons. The van der Waals surface area contributed by atoms with Crippen molar-refractivity contribution in [1.82, 2.24) is 5.32 Å². The summed E-state index contributed by atoms with van der Waals surface area (Å²) in [7, 11) is 0. The molecule has 0 heterocycles. The van der Waals surface area contributed by atoms with Crippen molar-refractivity contribution in [1.29, 1.82) is 0 Å². The maximum Gasteiger partial charge on any atom is 0.127 e. The van der Waals surface area contributed by atoms with E-state index >= 15 is 0 Å². The molecule has 0 fully saturated rings. The van der Waals surface area contributed by atoms with E-state index in [1.165, 1.54) is 11.6 Å². The Balaban J connectivity index is 1.92. The standard InChI is InChI=1S/C15H16FN/c1-12-7-8-15(16)14(9-12)11-17-10-13-5-3-2-4-6-13/h2-9,17H,10-11H2,1H3. The van der Waals surface area contributed by atoms with Crippen LogP contribution >= 0.6 is 0 Å². The summed E-state index contributed by atoms with van der Waals surface area (Å²) >= 11 is 0. The third-order valence-corrected chi connectivity index (χ3v) is 2.69. The molecule has 2 heteroatoms. The van der Waals surface area contributed by atoms with Crippen LogP contribution in [0.3, 0.4) is 0 Å². The highest BCUT2D eigenvalue weighted by molar-refractivity contribution is 5.24. The van der Waals surface area contributed by atoms with Crippen LogP contribution in [0.25, 0.3) is 0 Å². The van der Waals surface area contributed by atoms with E-state index in [-0.39, 0.29) is 5.82 Å². The van der Waals surface area contributed by atoms with Gasteiger partial charge in [-0.2, -0.15) is 0 Å². The van der Waals surface area contributed by atoms with Crippen LogP contribution in [0.2, 0.25) is 0 Å². The van der Waals surface area contributed by atoms with Crippen molar-refractivity contribution in [3.8, 4) is 0 Å². The van der Waals surface area contributed by atoms with Crippen LogP contribution in [-0.2, 0) is 13.1 Å². The second-order valence-electron chi connectivity index (χ2n) is 4.18. The number of hydrogen-bond acceptors (Lipinski definition) is 1. The molecule has 0 aliphatic carbocycles.